The lowest BCUT2D eigenvalue weighted by molar-refractivity contribution is 0.199. The lowest BCUT2D eigenvalue weighted by Gasteiger charge is -2.12. The van der Waals surface area contributed by atoms with Gasteiger partial charge in [-0.2, -0.15) is 10.2 Å². The van der Waals surface area contributed by atoms with E-state index in [0.717, 1.165) is 0 Å². The highest BCUT2D eigenvalue weighted by Gasteiger charge is 2.23. The van der Waals surface area contributed by atoms with Gasteiger partial charge in [0.2, 0.25) is 5.88 Å². The van der Waals surface area contributed by atoms with Crippen LogP contribution in [0.2, 0.25) is 0 Å². The van der Waals surface area contributed by atoms with Gasteiger partial charge in [-0.3, -0.25) is 9.40 Å². The summed E-state index contributed by atoms with van der Waals surface area (Å²) in [6, 6.07) is 3.30. The van der Waals surface area contributed by atoms with Crippen molar-refractivity contribution in [2.45, 2.75) is 17.9 Å². The van der Waals surface area contributed by atoms with Gasteiger partial charge in [0, 0.05) is 24.8 Å². The van der Waals surface area contributed by atoms with Crippen molar-refractivity contribution in [3.63, 3.8) is 0 Å². The van der Waals surface area contributed by atoms with Gasteiger partial charge in [0.05, 0.1) is 37.3 Å². The molecule has 0 aliphatic heterocycles. The number of hydrogen-bond donors (Lipinski definition) is 2. The first kappa shape index (κ1) is 19.8. The lowest BCUT2D eigenvalue weighted by Crippen LogP contribution is -2.14. The molecule has 4 rings (SSSR count). The van der Waals surface area contributed by atoms with Gasteiger partial charge >= 0.3 is 0 Å². The second-order valence-corrected chi connectivity index (χ2v) is 8.25. The zero-order chi connectivity index (χ0) is 21.5. The monoisotopic (exact) mass is 429 g/mol. The van der Waals surface area contributed by atoms with E-state index in [1.165, 1.54) is 35.1 Å². The highest BCUT2D eigenvalue weighted by molar-refractivity contribution is 7.92. The van der Waals surface area contributed by atoms with Crippen LogP contribution in [0, 0.1) is 0 Å². The summed E-state index contributed by atoms with van der Waals surface area (Å²) in [5.74, 6) is 0.496. The van der Waals surface area contributed by atoms with Gasteiger partial charge in [-0.05, 0) is 24.6 Å². The molecule has 4 heterocycles. The first-order chi connectivity index (χ1) is 14.3. The van der Waals surface area contributed by atoms with Crippen LogP contribution in [-0.2, 0) is 17.1 Å². The third-order valence-corrected chi connectivity index (χ3v) is 5.83. The minimum atomic E-state index is -4.02. The van der Waals surface area contributed by atoms with Crippen molar-refractivity contribution >= 4 is 26.6 Å². The van der Waals surface area contributed by atoms with Gasteiger partial charge in [-0.25, -0.2) is 23.1 Å². The average molecular weight is 429 g/mol. The van der Waals surface area contributed by atoms with Crippen LogP contribution >= 0.6 is 0 Å². The number of aryl methyl sites for hydroxylation is 1. The molecule has 0 saturated heterocycles. The summed E-state index contributed by atoms with van der Waals surface area (Å²) in [7, 11) is -0.920. The SMILES string of the molecule is COc1ncc2cnn(C)c2c1NS(=O)(=O)c1cnn(-c2cc([C@@H](C)O)ccn2)c1. The number of nitrogens with zero attached hydrogens (tertiary/aromatic N) is 6. The normalized spacial score (nSPS) is 12.8. The molecule has 0 aromatic carbocycles. The van der Waals surface area contributed by atoms with E-state index in [0.29, 0.717) is 22.3 Å². The Kier molecular flexibility index (Phi) is 4.87. The highest BCUT2D eigenvalue weighted by atomic mass is 32.2. The molecule has 0 saturated carbocycles. The molecule has 4 aromatic rings. The predicted octanol–water partition coefficient (Wildman–Crippen LogP) is 1.41. The van der Waals surface area contributed by atoms with E-state index in [4.69, 9.17) is 4.74 Å². The number of aliphatic hydroxyl groups excluding tert-OH is 1. The Bertz CT molecular complexity index is 1330. The maximum Gasteiger partial charge on any atom is 0.265 e. The van der Waals surface area contributed by atoms with Crippen LogP contribution in [0.3, 0.4) is 0 Å². The van der Waals surface area contributed by atoms with E-state index in [2.05, 4.69) is 24.9 Å². The van der Waals surface area contributed by atoms with Gasteiger partial charge in [0.1, 0.15) is 10.6 Å². The van der Waals surface area contributed by atoms with Crippen molar-refractivity contribution in [1.29, 1.82) is 0 Å². The summed E-state index contributed by atoms with van der Waals surface area (Å²) in [4.78, 5) is 8.24. The first-order valence-corrected chi connectivity index (χ1v) is 10.3. The number of pyridine rings is 2. The first-order valence-electron chi connectivity index (χ1n) is 8.86. The molecule has 0 aliphatic carbocycles. The molecule has 0 radical (unpaired) electrons. The molecule has 156 valence electrons. The molecule has 12 heteroatoms. The maximum atomic E-state index is 13.0. The van der Waals surface area contributed by atoms with Crippen molar-refractivity contribution in [3.8, 4) is 11.7 Å². The summed E-state index contributed by atoms with van der Waals surface area (Å²) in [5.41, 5.74) is 1.35. The fourth-order valence-corrected chi connectivity index (χ4v) is 3.97. The molecule has 0 amide bonds. The zero-order valence-electron chi connectivity index (χ0n) is 16.4. The fourth-order valence-electron chi connectivity index (χ4n) is 2.98. The molecule has 2 N–H and O–H groups in total. The van der Waals surface area contributed by atoms with Crippen molar-refractivity contribution in [1.82, 2.24) is 29.5 Å². The summed E-state index contributed by atoms with van der Waals surface area (Å²) < 4.78 is 36.7. The number of methoxy groups -OCH3 is 1. The number of fused-ring (bicyclic) bond motifs is 1. The minimum Gasteiger partial charge on any atom is -0.479 e. The Labute approximate surface area is 172 Å². The standard InChI is InChI=1S/C18H19N7O4S/c1-11(26)12-4-5-19-15(6-12)25-10-14(9-22-25)30(27,28)23-16-17-13(8-21-24(17)2)7-20-18(16)29-3/h4-11,23,26H,1-3H3/t11-/m1/s1. The maximum absolute atomic E-state index is 13.0. The Morgan fingerprint density at radius 1 is 1.20 bits per heavy atom. The van der Waals surface area contributed by atoms with Gasteiger partial charge in [0.15, 0.2) is 5.82 Å². The van der Waals surface area contributed by atoms with Gasteiger partial charge in [-0.15, -0.1) is 0 Å². The molecule has 0 unspecified atom stereocenters. The van der Waals surface area contributed by atoms with Crippen LogP contribution in [0.25, 0.3) is 16.7 Å². The van der Waals surface area contributed by atoms with Gasteiger partial charge < -0.3 is 9.84 Å². The Balaban J connectivity index is 1.72. The van der Waals surface area contributed by atoms with Crippen molar-refractivity contribution in [2.24, 2.45) is 7.05 Å². The van der Waals surface area contributed by atoms with Crippen LogP contribution in [0.4, 0.5) is 5.69 Å². The average Bonchev–Trinajstić information content (AvgIpc) is 3.36. The number of ether oxygens (including phenoxy) is 1. The second kappa shape index (κ2) is 7.39. The Morgan fingerprint density at radius 3 is 2.73 bits per heavy atom. The Morgan fingerprint density at radius 2 is 2.00 bits per heavy atom. The van der Waals surface area contributed by atoms with Crippen LogP contribution in [0.5, 0.6) is 5.88 Å². The highest BCUT2D eigenvalue weighted by Crippen LogP contribution is 2.32. The van der Waals surface area contributed by atoms with E-state index < -0.39 is 16.1 Å². The molecule has 0 bridgehead atoms. The molecule has 1 atom stereocenters. The third kappa shape index (κ3) is 3.46. The van der Waals surface area contributed by atoms with Crippen LogP contribution in [0.1, 0.15) is 18.6 Å². The summed E-state index contributed by atoms with van der Waals surface area (Å²) in [6.07, 6.45) is 6.51. The third-order valence-electron chi connectivity index (χ3n) is 4.52. The fraction of sp³-hybridized carbons (Fsp3) is 0.222. The number of hydrogen-bond acceptors (Lipinski definition) is 8. The number of anilines is 1. The smallest absolute Gasteiger partial charge is 0.265 e. The van der Waals surface area contributed by atoms with Crippen molar-refractivity contribution < 1.29 is 18.3 Å². The molecule has 0 aliphatic rings. The second-order valence-electron chi connectivity index (χ2n) is 6.56. The van der Waals surface area contributed by atoms with Crippen LogP contribution in [0.15, 0.2) is 48.0 Å². The predicted molar refractivity (Wildman–Crippen MR) is 108 cm³/mol. The summed E-state index contributed by atoms with van der Waals surface area (Å²) in [5, 5.41) is 18.6. The molecular weight excluding hydrogens is 410 g/mol. The number of nitrogens with one attached hydrogen (secondary N) is 1. The van der Waals surface area contributed by atoms with Gasteiger partial charge in [-0.1, -0.05) is 0 Å². The molecule has 4 aromatic heterocycles. The van der Waals surface area contributed by atoms with E-state index in [9.17, 15) is 13.5 Å². The van der Waals surface area contributed by atoms with E-state index in [1.54, 1.807) is 38.5 Å². The number of aromatic nitrogens is 6. The number of sulfonamides is 1. The number of aliphatic hydroxyl groups is 1. The van der Waals surface area contributed by atoms with Gasteiger partial charge in [0.25, 0.3) is 10.0 Å². The summed E-state index contributed by atoms with van der Waals surface area (Å²) in [6.45, 7) is 1.63. The largest absolute Gasteiger partial charge is 0.479 e. The number of rotatable bonds is 6. The quantitative estimate of drug-likeness (QED) is 0.469. The van der Waals surface area contributed by atoms with E-state index >= 15 is 0 Å². The molecule has 0 spiro atoms. The van der Waals surface area contributed by atoms with Crippen LogP contribution < -0.4 is 9.46 Å². The summed E-state index contributed by atoms with van der Waals surface area (Å²) >= 11 is 0. The zero-order valence-corrected chi connectivity index (χ0v) is 17.2. The van der Waals surface area contributed by atoms with Crippen LogP contribution in [-0.4, -0.2) is 50.2 Å². The molecule has 30 heavy (non-hydrogen) atoms. The van der Waals surface area contributed by atoms with Crippen molar-refractivity contribution in [3.05, 3.63) is 48.7 Å². The molecular formula is C18H19N7O4S. The minimum absolute atomic E-state index is 0.0759. The van der Waals surface area contributed by atoms with E-state index in [-0.39, 0.29) is 16.5 Å². The Hall–Kier alpha value is -3.51. The molecule has 0 fully saturated rings. The topological polar surface area (TPSA) is 137 Å². The van der Waals surface area contributed by atoms with E-state index in [1.807, 2.05) is 0 Å². The lowest BCUT2D eigenvalue weighted by atomic mass is 10.2. The van der Waals surface area contributed by atoms with Crippen molar-refractivity contribution in [2.75, 3.05) is 11.8 Å². The molecule has 11 nitrogen and oxygen atoms in total.